The van der Waals surface area contributed by atoms with Gasteiger partial charge in [-0.3, -0.25) is 4.98 Å². The number of nitrogens with zero attached hydrogens (tertiary/aromatic N) is 7. The Hall–Kier alpha value is -4.72. The molecule has 0 unspecified atom stereocenters. The second-order valence-electron chi connectivity index (χ2n) is 8.06. The summed E-state index contributed by atoms with van der Waals surface area (Å²) in [6, 6.07) is 14.4. The fraction of sp³-hybridized carbons (Fsp3) is 0.200. The van der Waals surface area contributed by atoms with Gasteiger partial charge < -0.3 is 10.1 Å². The number of pyridine rings is 2. The predicted molar refractivity (Wildman–Crippen MR) is 129 cm³/mol. The maximum absolute atomic E-state index is 13.5. The number of ether oxygens (including phenoxy) is 1. The van der Waals surface area contributed by atoms with Gasteiger partial charge in [0.15, 0.2) is 11.6 Å². The van der Waals surface area contributed by atoms with Crippen LogP contribution in [-0.2, 0) is 19.9 Å². The highest BCUT2D eigenvalue weighted by molar-refractivity contribution is 5.98. The lowest BCUT2D eigenvalue weighted by molar-refractivity contribution is 0.224. The highest BCUT2D eigenvalue weighted by Gasteiger charge is 2.27. The SMILES string of the molecule is COc1c(Nc2cc(Cc3cccc(C#N)n3)nc3c2N=C(C(F)F)C3)cccc1-c1ncnn1C. The second kappa shape index (κ2) is 9.50. The lowest BCUT2D eigenvalue weighted by atomic mass is 10.1. The zero-order chi connectivity index (χ0) is 25.2. The van der Waals surface area contributed by atoms with E-state index in [1.807, 2.05) is 24.3 Å². The quantitative estimate of drug-likeness (QED) is 0.412. The standard InChI is InChI=1S/C25H20F2N8O/c1-35-25(29-13-30-35)17-7-4-8-18(23(17)36-2)33-19-10-16(9-14-5-3-6-15(12-28)31-14)32-20-11-21(24(26)27)34-22(19)20/h3-8,10,13,24H,9,11H2,1-2H3,(H,32,33). The number of nitrogens with one attached hydrogen (secondary N) is 1. The van der Waals surface area contributed by atoms with Crippen LogP contribution in [0.1, 0.15) is 22.8 Å². The first-order chi connectivity index (χ1) is 17.5. The Labute approximate surface area is 205 Å². The van der Waals surface area contributed by atoms with Crippen LogP contribution in [0.15, 0.2) is 53.8 Å². The van der Waals surface area contributed by atoms with E-state index < -0.39 is 6.43 Å². The van der Waals surface area contributed by atoms with Crippen LogP contribution in [0.2, 0.25) is 0 Å². The average molecular weight is 486 g/mol. The van der Waals surface area contributed by atoms with E-state index in [0.717, 1.165) is 0 Å². The van der Waals surface area contributed by atoms with E-state index in [1.54, 1.807) is 43.1 Å². The smallest absolute Gasteiger partial charge is 0.277 e. The van der Waals surface area contributed by atoms with Crippen molar-refractivity contribution < 1.29 is 13.5 Å². The Bertz CT molecular complexity index is 1520. The topological polar surface area (TPSA) is 114 Å². The normalized spacial score (nSPS) is 12.3. The molecule has 4 aromatic rings. The van der Waals surface area contributed by atoms with Crippen LogP contribution in [0.25, 0.3) is 11.4 Å². The summed E-state index contributed by atoms with van der Waals surface area (Å²) in [5.74, 6) is 1.12. The summed E-state index contributed by atoms with van der Waals surface area (Å²) >= 11 is 0. The molecule has 36 heavy (non-hydrogen) atoms. The predicted octanol–water partition coefficient (Wildman–Crippen LogP) is 4.38. The molecule has 9 nitrogen and oxygen atoms in total. The summed E-state index contributed by atoms with van der Waals surface area (Å²) in [6.07, 6.45) is -0.958. The molecule has 0 amide bonds. The maximum atomic E-state index is 13.5. The Morgan fingerprint density at radius 3 is 2.69 bits per heavy atom. The van der Waals surface area contributed by atoms with E-state index in [9.17, 15) is 8.78 Å². The van der Waals surface area contributed by atoms with E-state index in [-0.39, 0.29) is 12.1 Å². The first-order valence-corrected chi connectivity index (χ1v) is 11.0. The molecule has 1 aromatic carbocycles. The van der Waals surface area contributed by atoms with Crippen LogP contribution in [0.4, 0.5) is 25.8 Å². The van der Waals surface area contributed by atoms with E-state index in [1.165, 1.54) is 6.33 Å². The highest BCUT2D eigenvalue weighted by Crippen LogP contribution is 2.41. The van der Waals surface area contributed by atoms with Crippen LogP contribution in [0.5, 0.6) is 5.75 Å². The fourth-order valence-electron chi connectivity index (χ4n) is 4.11. The molecule has 180 valence electrons. The van der Waals surface area contributed by atoms with Crippen LogP contribution >= 0.6 is 0 Å². The minimum absolute atomic E-state index is 0.0443. The molecule has 0 spiro atoms. The zero-order valence-electron chi connectivity index (χ0n) is 19.4. The lowest BCUT2D eigenvalue weighted by Crippen LogP contribution is -2.10. The van der Waals surface area contributed by atoms with Crippen LogP contribution in [0.3, 0.4) is 0 Å². The molecule has 0 atom stereocenters. The van der Waals surface area contributed by atoms with E-state index in [4.69, 9.17) is 10.00 Å². The van der Waals surface area contributed by atoms with Gasteiger partial charge in [0, 0.05) is 31.3 Å². The van der Waals surface area contributed by atoms with Crippen molar-refractivity contribution >= 4 is 22.8 Å². The van der Waals surface area contributed by atoms with Gasteiger partial charge in [0.1, 0.15) is 23.8 Å². The largest absolute Gasteiger partial charge is 0.494 e. The van der Waals surface area contributed by atoms with Gasteiger partial charge in [-0.25, -0.2) is 28.4 Å². The Morgan fingerprint density at radius 1 is 1.14 bits per heavy atom. The molecule has 1 aliphatic rings. The Balaban J connectivity index is 1.57. The summed E-state index contributed by atoms with van der Waals surface area (Å²) in [7, 11) is 3.32. The van der Waals surface area contributed by atoms with Crippen LogP contribution in [0, 0.1) is 11.3 Å². The second-order valence-corrected chi connectivity index (χ2v) is 8.06. The molecule has 11 heteroatoms. The summed E-state index contributed by atoms with van der Waals surface area (Å²) in [5, 5.41) is 16.6. The first-order valence-electron chi connectivity index (χ1n) is 11.0. The number of alkyl halides is 2. The van der Waals surface area contributed by atoms with Crippen LogP contribution in [-0.4, -0.2) is 44.0 Å². The Kier molecular flexibility index (Phi) is 6.08. The molecule has 4 heterocycles. The van der Waals surface area contributed by atoms with Gasteiger partial charge in [0.2, 0.25) is 0 Å². The molecule has 3 aromatic heterocycles. The molecular formula is C25H20F2N8O. The third kappa shape index (κ3) is 4.36. The van der Waals surface area contributed by atoms with Gasteiger partial charge in [-0.2, -0.15) is 10.4 Å². The number of aryl methyl sites for hydroxylation is 1. The molecule has 0 fully saturated rings. The number of methoxy groups -OCH3 is 1. The molecule has 1 N–H and O–H groups in total. The van der Waals surface area contributed by atoms with Crippen molar-refractivity contribution in [3.8, 4) is 23.2 Å². The number of aromatic nitrogens is 5. The lowest BCUT2D eigenvalue weighted by Gasteiger charge is -2.17. The number of nitriles is 1. The summed E-state index contributed by atoms with van der Waals surface area (Å²) in [4.78, 5) is 17.4. The van der Waals surface area contributed by atoms with Crippen molar-refractivity contribution in [2.75, 3.05) is 12.4 Å². The van der Waals surface area contributed by atoms with E-state index >= 15 is 0 Å². The molecule has 1 aliphatic heterocycles. The van der Waals surface area contributed by atoms with Gasteiger partial charge in [-0.15, -0.1) is 0 Å². The number of para-hydroxylation sites is 1. The molecule has 0 saturated carbocycles. The minimum atomic E-state index is -2.68. The molecule has 0 aliphatic carbocycles. The number of hydrogen-bond acceptors (Lipinski definition) is 8. The number of hydrogen-bond donors (Lipinski definition) is 1. The zero-order valence-corrected chi connectivity index (χ0v) is 19.4. The van der Waals surface area contributed by atoms with Gasteiger partial charge in [-0.1, -0.05) is 12.1 Å². The average Bonchev–Trinajstić information content (AvgIpc) is 3.50. The Morgan fingerprint density at radius 2 is 1.97 bits per heavy atom. The number of fused-ring (bicyclic) bond motifs is 1. The van der Waals surface area contributed by atoms with Crippen molar-refractivity contribution in [1.82, 2.24) is 24.7 Å². The monoisotopic (exact) mass is 486 g/mol. The summed E-state index contributed by atoms with van der Waals surface area (Å²) in [5.41, 5.74) is 3.93. The fourth-order valence-corrected chi connectivity index (χ4v) is 4.11. The molecular weight excluding hydrogens is 466 g/mol. The number of aliphatic imine (C=N–C) groups is 1. The summed E-state index contributed by atoms with van der Waals surface area (Å²) < 4.78 is 34.3. The molecule has 0 bridgehead atoms. The van der Waals surface area contributed by atoms with Gasteiger partial charge in [0.25, 0.3) is 6.43 Å². The van der Waals surface area contributed by atoms with Crippen molar-refractivity contribution in [1.29, 1.82) is 5.26 Å². The number of anilines is 2. The van der Waals surface area contributed by atoms with Crippen molar-refractivity contribution in [3.05, 3.63) is 71.6 Å². The third-order valence-electron chi connectivity index (χ3n) is 5.70. The highest BCUT2D eigenvalue weighted by atomic mass is 19.3. The van der Waals surface area contributed by atoms with Crippen molar-refractivity contribution in [2.24, 2.45) is 12.0 Å². The van der Waals surface area contributed by atoms with Gasteiger partial charge >= 0.3 is 0 Å². The van der Waals surface area contributed by atoms with Crippen molar-refractivity contribution in [2.45, 2.75) is 19.3 Å². The maximum Gasteiger partial charge on any atom is 0.277 e. The third-order valence-corrected chi connectivity index (χ3v) is 5.70. The van der Waals surface area contributed by atoms with Gasteiger partial charge in [0.05, 0.1) is 35.5 Å². The van der Waals surface area contributed by atoms with Crippen LogP contribution < -0.4 is 10.1 Å². The molecule has 5 rings (SSSR count). The number of benzene rings is 1. The summed E-state index contributed by atoms with van der Waals surface area (Å²) in [6.45, 7) is 0. The number of halogens is 2. The minimum Gasteiger partial charge on any atom is -0.494 e. The first kappa shape index (κ1) is 23.0. The molecule has 0 radical (unpaired) electrons. The van der Waals surface area contributed by atoms with Gasteiger partial charge in [-0.05, 0) is 30.3 Å². The molecule has 0 saturated heterocycles. The van der Waals surface area contributed by atoms with E-state index in [2.05, 4.69) is 30.4 Å². The van der Waals surface area contributed by atoms with Crippen molar-refractivity contribution in [3.63, 3.8) is 0 Å². The number of rotatable bonds is 7. The van der Waals surface area contributed by atoms with E-state index in [0.29, 0.717) is 63.4 Å².